The largest absolute Gasteiger partial charge is 0.465 e. The molecule has 2 bridgehead atoms. The molecular formula is C30H47N3O7. The fraction of sp³-hybridized carbons (Fsp3) is 0.767. The highest BCUT2D eigenvalue weighted by molar-refractivity contribution is 5.98. The van der Waals surface area contributed by atoms with E-state index in [1.807, 2.05) is 19.9 Å². The SMILES string of the molecule is C=CCCCCOC(=O)[C@H]1[C@H]2C(=O)N(CCCO)C(C(=O)N(CC=C)CCN3CCOCC3)C23CC(C)[C@]1(C)O3. The molecule has 1 N–H and O–H groups in total. The Labute approximate surface area is 238 Å². The van der Waals surface area contributed by atoms with Crippen LogP contribution in [0, 0.1) is 17.8 Å². The monoisotopic (exact) mass is 561 g/mol. The first-order valence-corrected chi connectivity index (χ1v) is 14.8. The zero-order chi connectivity index (χ0) is 28.9. The summed E-state index contributed by atoms with van der Waals surface area (Å²) < 4.78 is 17.9. The van der Waals surface area contributed by atoms with Crippen molar-refractivity contribution < 1.29 is 33.7 Å². The van der Waals surface area contributed by atoms with Gasteiger partial charge in [-0.05, 0) is 44.9 Å². The number of fused-ring (bicyclic) bond motifs is 1. The first-order chi connectivity index (χ1) is 19.2. The zero-order valence-corrected chi connectivity index (χ0v) is 24.2. The Bertz CT molecular complexity index is 954. The molecule has 2 amide bonds. The molecule has 0 aromatic rings. The molecule has 224 valence electrons. The van der Waals surface area contributed by atoms with Crippen molar-refractivity contribution in [3.63, 3.8) is 0 Å². The van der Waals surface area contributed by atoms with E-state index >= 15 is 0 Å². The molecule has 0 aromatic heterocycles. The van der Waals surface area contributed by atoms with Crippen molar-refractivity contribution in [3.8, 4) is 0 Å². The number of ether oxygens (including phenoxy) is 3. The number of aliphatic hydroxyl groups excluding tert-OH is 1. The number of nitrogens with zero attached hydrogens (tertiary/aromatic N) is 3. The molecule has 4 aliphatic rings. The van der Waals surface area contributed by atoms with Gasteiger partial charge < -0.3 is 29.1 Å². The molecule has 0 aliphatic carbocycles. The third-order valence-electron chi connectivity index (χ3n) is 9.36. The fourth-order valence-electron chi connectivity index (χ4n) is 7.22. The minimum Gasteiger partial charge on any atom is -0.465 e. The first-order valence-electron chi connectivity index (χ1n) is 14.8. The van der Waals surface area contributed by atoms with Gasteiger partial charge in [-0.2, -0.15) is 0 Å². The van der Waals surface area contributed by atoms with Crippen LogP contribution in [-0.4, -0.2) is 121 Å². The van der Waals surface area contributed by atoms with Gasteiger partial charge in [0.25, 0.3) is 0 Å². The average molecular weight is 562 g/mol. The molecule has 6 atom stereocenters. The summed E-state index contributed by atoms with van der Waals surface area (Å²) >= 11 is 0. The molecule has 4 saturated heterocycles. The van der Waals surface area contributed by atoms with Gasteiger partial charge in [0, 0.05) is 45.9 Å². The third kappa shape index (κ3) is 5.60. The van der Waals surface area contributed by atoms with E-state index in [-0.39, 0.29) is 37.5 Å². The molecule has 4 fully saturated rings. The number of likely N-dealkylation sites (tertiary alicyclic amines) is 1. The Morgan fingerprint density at radius 3 is 2.60 bits per heavy atom. The van der Waals surface area contributed by atoms with Crippen LogP contribution in [-0.2, 0) is 28.6 Å². The summed E-state index contributed by atoms with van der Waals surface area (Å²) in [6.07, 6.45) is 6.80. The zero-order valence-electron chi connectivity index (χ0n) is 24.2. The molecule has 1 spiro atoms. The van der Waals surface area contributed by atoms with Crippen molar-refractivity contribution in [2.45, 2.75) is 63.2 Å². The van der Waals surface area contributed by atoms with Crippen LogP contribution in [0.5, 0.6) is 0 Å². The summed E-state index contributed by atoms with van der Waals surface area (Å²) in [5, 5.41) is 9.60. The highest BCUT2D eigenvalue weighted by Crippen LogP contribution is 2.65. The Morgan fingerprint density at radius 1 is 1.18 bits per heavy atom. The summed E-state index contributed by atoms with van der Waals surface area (Å²) in [6.45, 7) is 16.3. The van der Waals surface area contributed by atoms with E-state index in [0.717, 1.165) is 25.9 Å². The van der Waals surface area contributed by atoms with E-state index in [0.29, 0.717) is 52.1 Å². The van der Waals surface area contributed by atoms with E-state index in [2.05, 4.69) is 18.1 Å². The number of morpholine rings is 1. The number of allylic oxidation sites excluding steroid dienone is 1. The number of carbonyl (C=O) groups excluding carboxylic acids is 3. The topological polar surface area (TPSA) is 109 Å². The number of aliphatic hydroxyl groups is 1. The summed E-state index contributed by atoms with van der Waals surface area (Å²) in [6, 6.07) is -0.879. The van der Waals surface area contributed by atoms with Crippen molar-refractivity contribution in [1.29, 1.82) is 0 Å². The highest BCUT2D eigenvalue weighted by atomic mass is 16.6. The van der Waals surface area contributed by atoms with Crippen molar-refractivity contribution in [2.24, 2.45) is 17.8 Å². The minimum atomic E-state index is -1.12. The average Bonchev–Trinajstić information content (AvgIpc) is 3.46. The molecule has 4 heterocycles. The Hall–Kier alpha value is -2.27. The van der Waals surface area contributed by atoms with E-state index in [1.165, 1.54) is 0 Å². The minimum absolute atomic E-state index is 0.0517. The number of amides is 2. The van der Waals surface area contributed by atoms with Crippen LogP contribution in [0.3, 0.4) is 0 Å². The molecular weight excluding hydrogens is 514 g/mol. The van der Waals surface area contributed by atoms with Crippen LogP contribution in [0.15, 0.2) is 25.3 Å². The maximum Gasteiger partial charge on any atom is 0.312 e. The van der Waals surface area contributed by atoms with Crippen molar-refractivity contribution in [1.82, 2.24) is 14.7 Å². The summed E-state index contributed by atoms with van der Waals surface area (Å²) in [5.41, 5.74) is -2.03. The second-order valence-corrected chi connectivity index (χ2v) is 11.8. The number of carbonyl (C=O) groups is 3. The van der Waals surface area contributed by atoms with Crippen molar-refractivity contribution >= 4 is 17.8 Å². The summed E-state index contributed by atoms with van der Waals surface area (Å²) in [7, 11) is 0. The lowest BCUT2D eigenvalue weighted by atomic mass is 9.62. The van der Waals surface area contributed by atoms with Gasteiger partial charge in [-0.25, -0.2) is 0 Å². The van der Waals surface area contributed by atoms with Crippen LogP contribution in [0.1, 0.15) is 46.0 Å². The first kappa shape index (κ1) is 30.7. The molecule has 3 unspecified atom stereocenters. The van der Waals surface area contributed by atoms with Gasteiger partial charge in [-0.15, -0.1) is 13.2 Å². The summed E-state index contributed by atoms with van der Waals surface area (Å²) in [5.74, 6) is -2.53. The van der Waals surface area contributed by atoms with Gasteiger partial charge in [0.15, 0.2) is 0 Å². The lowest BCUT2D eigenvalue weighted by Gasteiger charge is -2.38. The normalized spacial score (nSPS) is 33.2. The molecule has 0 saturated carbocycles. The lowest BCUT2D eigenvalue weighted by molar-refractivity contribution is -0.162. The lowest BCUT2D eigenvalue weighted by Crippen LogP contribution is -2.57. The highest BCUT2D eigenvalue weighted by Gasteiger charge is 2.80. The van der Waals surface area contributed by atoms with E-state index in [1.54, 1.807) is 15.9 Å². The van der Waals surface area contributed by atoms with Crippen LogP contribution in [0.4, 0.5) is 0 Å². The second kappa shape index (κ2) is 13.1. The summed E-state index contributed by atoms with van der Waals surface area (Å²) in [4.78, 5) is 47.6. The van der Waals surface area contributed by atoms with Gasteiger partial charge in [0.05, 0.1) is 31.3 Å². The van der Waals surface area contributed by atoms with Gasteiger partial charge in [-0.1, -0.05) is 19.1 Å². The van der Waals surface area contributed by atoms with Crippen molar-refractivity contribution in [2.75, 3.05) is 65.7 Å². The number of unbranched alkanes of at least 4 members (excludes halogenated alkanes) is 2. The maximum atomic E-state index is 14.4. The number of hydrogen-bond donors (Lipinski definition) is 1. The fourth-order valence-corrected chi connectivity index (χ4v) is 7.22. The Balaban J connectivity index is 1.61. The van der Waals surface area contributed by atoms with Gasteiger partial charge in [0.1, 0.15) is 17.6 Å². The molecule has 10 nitrogen and oxygen atoms in total. The second-order valence-electron chi connectivity index (χ2n) is 11.8. The standard InChI is InChI=1S/C30H47N3O7/c1-5-7-8-9-18-39-28(37)24-23-26(35)33(12-10-17-34)25(30(23)21-22(3)29(24,4)40-30)27(36)32(11-6-2)14-13-31-15-19-38-20-16-31/h5-6,22-25,34H,1-2,7-21H2,3-4H3/t22?,23-,24+,25?,29-,30?/m0/s1. The van der Waals surface area contributed by atoms with Crippen LogP contribution in [0.25, 0.3) is 0 Å². The third-order valence-corrected chi connectivity index (χ3v) is 9.36. The van der Waals surface area contributed by atoms with Gasteiger partial charge in [-0.3, -0.25) is 19.3 Å². The molecule has 10 heteroatoms. The Kier molecular flexibility index (Phi) is 10.1. The van der Waals surface area contributed by atoms with Crippen LogP contribution in [0.2, 0.25) is 0 Å². The molecule has 0 radical (unpaired) electrons. The van der Waals surface area contributed by atoms with E-state index in [9.17, 15) is 19.5 Å². The van der Waals surface area contributed by atoms with Gasteiger partial charge in [0.2, 0.25) is 11.8 Å². The van der Waals surface area contributed by atoms with Gasteiger partial charge >= 0.3 is 5.97 Å². The number of esters is 1. The number of hydrogen-bond acceptors (Lipinski definition) is 8. The molecule has 4 rings (SSSR count). The van der Waals surface area contributed by atoms with E-state index in [4.69, 9.17) is 14.2 Å². The maximum absolute atomic E-state index is 14.4. The van der Waals surface area contributed by atoms with Crippen LogP contribution < -0.4 is 0 Å². The predicted octanol–water partition coefficient (Wildman–Crippen LogP) is 1.63. The molecule has 0 aromatic carbocycles. The van der Waals surface area contributed by atoms with E-state index < -0.39 is 35.0 Å². The van der Waals surface area contributed by atoms with Crippen LogP contribution >= 0.6 is 0 Å². The predicted molar refractivity (Wildman–Crippen MR) is 149 cm³/mol. The quantitative estimate of drug-likeness (QED) is 0.183. The Morgan fingerprint density at radius 2 is 1.93 bits per heavy atom. The smallest absolute Gasteiger partial charge is 0.312 e. The van der Waals surface area contributed by atoms with Crippen molar-refractivity contribution in [3.05, 3.63) is 25.3 Å². The molecule has 4 aliphatic heterocycles. The number of rotatable bonds is 15. The molecule has 40 heavy (non-hydrogen) atoms.